The monoisotopic (exact) mass is 700 g/mol. The molecule has 0 saturated carbocycles. The van der Waals surface area contributed by atoms with Gasteiger partial charge in [-0.05, 0) is 35.5 Å². The van der Waals surface area contributed by atoms with Gasteiger partial charge in [0.05, 0.1) is 0 Å². The van der Waals surface area contributed by atoms with Gasteiger partial charge < -0.3 is 0 Å². The number of hydrogen-bond donors (Lipinski definition) is 0. The van der Waals surface area contributed by atoms with Crippen LogP contribution in [0.4, 0.5) is 0 Å². The fraction of sp³-hybridized carbons (Fsp3) is 0.526. The Morgan fingerprint density at radius 2 is 0.810 bits per heavy atom. The third-order valence-corrected chi connectivity index (χ3v) is 7.71. The molecule has 0 aliphatic carbocycles. The third-order valence-electron chi connectivity index (χ3n) is 7.71. The summed E-state index contributed by atoms with van der Waals surface area (Å²) in [6.07, 6.45) is 0. The molecule has 0 spiro atoms. The zero-order valence-corrected chi connectivity index (χ0v) is 33.8. The molecule has 0 nitrogen and oxygen atoms in total. The van der Waals surface area contributed by atoms with Crippen molar-refractivity contribution in [1.82, 2.24) is 0 Å². The number of hydrogen-bond acceptors (Lipinski definition) is 0. The Bertz CT molecular complexity index is 1230. The molecule has 0 aliphatic heterocycles. The van der Waals surface area contributed by atoms with Crippen LogP contribution in [0.3, 0.4) is 0 Å². The van der Waals surface area contributed by atoms with Crippen LogP contribution in [-0.4, -0.2) is 9.52 Å². The minimum absolute atomic E-state index is 0.591. The molecule has 4 heteroatoms. The van der Waals surface area contributed by atoms with Crippen molar-refractivity contribution in [2.75, 3.05) is 0 Å². The first-order valence-electron chi connectivity index (χ1n) is 15.7. The fourth-order valence-corrected chi connectivity index (χ4v) is 5.65. The van der Waals surface area contributed by atoms with Crippen LogP contribution in [-0.2, 0) is 20.8 Å². The van der Waals surface area contributed by atoms with E-state index in [4.69, 9.17) is 17.0 Å². The van der Waals surface area contributed by atoms with E-state index in [1.807, 2.05) is 0 Å². The zero-order chi connectivity index (χ0) is 32.3. The van der Waals surface area contributed by atoms with Crippen LogP contribution in [0.5, 0.6) is 0 Å². The van der Waals surface area contributed by atoms with Crippen molar-refractivity contribution < 1.29 is 20.8 Å². The first-order valence-corrected chi connectivity index (χ1v) is 24.0. The summed E-state index contributed by atoms with van der Waals surface area (Å²) in [4.78, 5) is 0. The molecule has 0 unspecified atom stereocenters. The van der Waals surface area contributed by atoms with Gasteiger partial charge in [0.1, 0.15) is 0 Å². The van der Waals surface area contributed by atoms with Crippen LogP contribution in [0.2, 0.25) is 13.1 Å². The van der Waals surface area contributed by atoms with E-state index in [0.717, 1.165) is 9.52 Å². The molecule has 0 bridgehead atoms. The standard InChI is InChI=1S/2C18H25.C2H6Si.2ClH.Zr/c2*1-11(2)15-9-14-7-8-16(12(3)4)18(13(5)6)17(14)10-15;1-3-2;;;/h2*7-13H,1-6H3;1-2H3;2*1H;/q2*-1;;;;+4/p-2. The van der Waals surface area contributed by atoms with Crippen LogP contribution in [0.1, 0.15) is 152 Å². The molecule has 4 aromatic rings. The van der Waals surface area contributed by atoms with Crippen LogP contribution >= 0.6 is 17.0 Å². The molecule has 230 valence electrons. The van der Waals surface area contributed by atoms with Crippen molar-refractivity contribution in [3.63, 3.8) is 0 Å². The molecule has 0 saturated heterocycles. The van der Waals surface area contributed by atoms with E-state index in [9.17, 15) is 0 Å². The summed E-state index contributed by atoms with van der Waals surface area (Å²) in [5.74, 6) is 3.61. The molecule has 0 N–H and O–H groups in total. The van der Waals surface area contributed by atoms with E-state index in [-0.39, 0.29) is 0 Å². The summed E-state index contributed by atoms with van der Waals surface area (Å²) in [6, 6.07) is 18.8. The molecule has 0 aliphatic rings. The molecule has 4 rings (SSSR count). The average Bonchev–Trinajstić information content (AvgIpc) is 3.53. The molecule has 42 heavy (non-hydrogen) atoms. The SMILES string of the molecule is CC(C)c1cc2c(C(C)C)c(C(C)C)ccc2[cH-]1.CC(C)c1cc2c(C(C)C)c(C(C)C)ccc2[cH-]1.C[Si]C.[Cl][Zr+2][Cl]. The van der Waals surface area contributed by atoms with Gasteiger partial charge in [-0.2, -0.15) is 12.1 Å². The van der Waals surface area contributed by atoms with Crippen molar-refractivity contribution in [2.24, 2.45) is 0 Å². The molecule has 0 heterocycles. The molecule has 0 atom stereocenters. The first-order chi connectivity index (χ1) is 19.7. The quantitative estimate of drug-likeness (QED) is 0.139. The Morgan fingerprint density at radius 1 is 0.524 bits per heavy atom. The number of rotatable bonds is 6. The van der Waals surface area contributed by atoms with Crippen molar-refractivity contribution in [3.05, 3.63) is 81.9 Å². The van der Waals surface area contributed by atoms with Crippen LogP contribution in [0, 0.1) is 0 Å². The van der Waals surface area contributed by atoms with Crippen molar-refractivity contribution >= 4 is 48.1 Å². The maximum atomic E-state index is 4.93. The topological polar surface area (TPSA) is 0 Å². The summed E-state index contributed by atoms with van der Waals surface area (Å²) in [5, 5.41) is 5.76. The predicted octanol–water partition coefficient (Wildman–Crippen LogP) is 14.0. The van der Waals surface area contributed by atoms with Crippen LogP contribution in [0.25, 0.3) is 21.5 Å². The molecule has 0 aromatic heterocycles. The second-order valence-corrected chi connectivity index (χ2v) is 18.0. The minimum atomic E-state index is -0.826. The van der Waals surface area contributed by atoms with Gasteiger partial charge in [0.15, 0.2) is 0 Å². The molecule has 0 fully saturated rings. The summed E-state index contributed by atoms with van der Waals surface area (Å²) in [7, 11) is 11.0. The Morgan fingerprint density at radius 3 is 1.02 bits per heavy atom. The van der Waals surface area contributed by atoms with E-state index in [1.54, 1.807) is 11.1 Å². The van der Waals surface area contributed by atoms with Crippen LogP contribution < -0.4 is 0 Å². The van der Waals surface area contributed by atoms with Gasteiger partial charge in [-0.15, -0.1) is 69.1 Å². The van der Waals surface area contributed by atoms with Gasteiger partial charge >= 0.3 is 37.9 Å². The van der Waals surface area contributed by atoms with E-state index in [1.165, 1.54) is 43.8 Å². The average molecular weight is 703 g/mol. The van der Waals surface area contributed by atoms with Gasteiger partial charge in [0.25, 0.3) is 0 Å². The Balaban J connectivity index is 0.000000354. The maximum absolute atomic E-state index is 4.93. The number of fused-ring (bicyclic) bond motifs is 2. The van der Waals surface area contributed by atoms with Gasteiger partial charge in [-0.1, -0.05) is 118 Å². The van der Waals surface area contributed by atoms with E-state index < -0.39 is 20.8 Å². The van der Waals surface area contributed by atoms with E-state index >= 15 is 0 Å². The second kappa shape index (κ2) is 19.0. The normalized spacial score (nSPS) is 11.2. The summed E-state index contributed by atoms with van der Waals surface area (Å²) >= 11 is -0.826. The summed E-state index contributed by atoms with van der Waals surface area (Å²) in [6.45, 7) is 31.8. The van der Waals surface area contributed by atoms with Crippen molar-refractivity contribution in [1.29, 1.82) is 0 Å². The Hall–Kier alpha value is -0.660. The second-order valence-electron chi connectivity index (χ2n) is 13.2. The predicted molar refractivity (Wildman–Crippen MR) is 193 cm³/mol. The Kier molecular flexibility index (Phi) is 17.8. The molecule has 2 radical (unpaired) electrons. The van der Waals surface area contributed by atoms with Gasteiger partial charge in [-0.3, -0.25) is 0 Å². The third kappa shape index (κ3) is 10.8. The zero-order valence-electron chi connectivity index (χ0n) is 28.8. The summed E-state index contributed by atoms with van der Waals surface area (Å²) in [5.41, 5.74) is 9.06. The van der Waals surface area contributed by atoms with E-state index in [0.29, 0.717) is 35.5 Å². The van der Waals surface area contributed by atoms with E-state index in [2.05, 4.69) is 145 Å². The molecular formula is C38H56Cl2SiZr. The Labute approximate surface area is 280 Å². The van der Waals surface area contributed by atoms with Crippen molar-refractivity contribution in [2.45, 2.75) is 132 Å². The number of halogens is 2. The van der Waals surface area contributed by atoms with Crippen molar-refractivity contribution in [3.8, 4) is 0 Å². The molecule has 0 amide bonds. The van der Waals surface area contributed by atoms with Gasteiger partial charge in [0, 0.05) is 9.52 Å². The fourth-order valence-electron chi connectivity index (χ4n) is 5.65. The first kappa shape index (κ1) is 39.4. The van der Waals surface area contributed by atoms with Gasteiger partial charge in [-0.25, -0.2) is 0 Å². The van der Waals surface area contributed by atoms with Gasteiger partial charge in [0.2, 0.25) is 0 Å². The number of benzene rings is 2. The summed E-state index contributed by atoms with van der Waals surface area (Å²) < 4.78 is 0. The molecular weight excluding hydrogens is 647 g/mol. The van der Waals surface area contributed by atoms with Crippen LogP contribution in [0.15, 0.2) is 48.5 Å². The molecule has 4 aromatic carbocycles.